The summed E-state index contributed by atoms with van der Waals surface area (Å²) in [7, 11) is 1.56. The van der Waals surface area contributed by atoms with Gasteiger partial charge in [-0.05, 0) is 24.6 Å². The molecule has 1 aliphatic heterocycles. The highest BCUT2D eigenvalue weighted by Gasteiger charge is 2.23. The van der Waals surface area contributed by atoms with E-state index in [0.29, 0.717) is 23.1 Å². The summed E-state index contributed by atoms with van der Waals surface area (Å²) < 4.78 is 5.19. The number of rotatable bonds is 4. The van der Waals surface area contributed by atoms with Crippen LogP contribution in [0.5, 0.6) is 5.75 Å². The van der Waals surface area contributed by atoms with E-state index in [9.17, 15) is 9.59 Å². The molecule has 1 aromatic carbocycles. The molecule has 6 heteroatoms. The van der Waals surface area contributed by atoms with E-state index in [1.54, 1.807) is 12.0 Å². The first kappa shape index (κ1) is 13.7. The lowest BCUT2D eigenvalue weighted by atomic mass is 10.2. The molecular weight excluding hydrogens is 264 g/mol. The number of ether oxygens (including phenoxy) is 1. The van der Waals surface area contributed by atoms with Crippen LogP contribution >= 0.6 is 11.8 Å². The SMILES string of the molecule is COc1ccc(C)cc1NC(=O)CN1CSCC1=O. The zero-order valence-corrected chi connectivity index (χ0v) is 11.8. The lowest BCUT2D eigenvalue weighted by Crippen LogP contribution is -2.34. The molecule has 2 rings (SSSR count). The van der Waals surface area contributed by atoms with Crippen molar-refractivity contribution in [2.24, 2.45) is 0 Å². The number of aryl methyl sites for hydroxylation is 1. The maximum Gasteiger partial charge on any atom is 0.244 e. The molecule has 0 aliphatic carbocycles. The molecule has 1 aromatic rings. The van der Waals surface area contributed by atoms with Crippen molar-refractivity contribution in [3.63, 3.8) is 0 Å². The predicted molar refractivity (Wildman–Crippen MR) is 75.4 cm³/mol. The number of methoxy groups -OCH3 is 1. The van der Waals surface area contributed by atoms with Crippen molar-refractivity contribution in [1.29, 1.82) is 0 Å². The Bertz CT molecular complexity index is 505. The normalized spacial score (nSPS) is 14.6. The number of anilines is 1. The summed E-state index contributed by atoms with van der Waals surface area (Å²) in [6, 6.07) is 5.56. The molecule has 1 fully saturated rings. The number of nitrogens with zero attached hydrogens (tertiary/aromatic N) is 1. The Balaban J connectivity index is 2.02. The van der Waals surface area contributed by atoms with E-state index in [1.807, 2.05) is 25.1 Å². The van der Waals surface area contributed by atoms with Gasteiger partial charge in [0.25, 0.3) is 0 Å². The Kier molecular flexibility index (Phi) is 4.31. The molecule has 0 radical (unpaired) electrons. The van der Waals surface area contributed by atoms with E-state index >= 15 is 0 Å². The Morgan fingerprint density at radius 3 is 2.95 bits per heavy atom. The predicted octanol–water partition coefficient (Wildman–Crippen LogP) is 1.48. The van der Waals surface area contributed by atoms with Gasteiger partial charge in [0.05, 0.1) is 24.4 Å². The molecule has 0 unspecified atom stereocenters. The van der Waals surface area contributed by atoms with Crippen LogP contribution in [0.3, 0.4) is 0 Å². The van der Waals surface area contributed by atoms with Crippen molar-refractivity contribution in [3.05, 3.63) is 23.8 Å². The first-order chi connectivity index (χ1) is 9.10. The molecule has 0 saturated carbocycles. The molecule has 2 amide bonds. The smallest absolute Gasteiger partial charge is 0.244 e. The highest BCUT2D eigenvalue weighted by Crippen LogP contribution is 2.25. The summed E-state index contributed by atoms with van der Waals surface area (Å²) in [5.41, 5.74) is 1.66. The molecular formula is C13H16N2O3S. The van der Waals surface area contributed by atoms with Crippen molar-refractivity contribution >= 4 is 29.3 Å². The van der Waals surface area contributed by atoms with Crippen molar-refractivity contribution in [2.75, 3.05) is 30.6 Å². The minimum Gasteiger partial charge on any atom is -0.495 e. The van der Waals surface area contributed by atoms with E-state index < -0.39 is 0 Å². The molecule has 1 N–H and O–H groups in total. The van der Waals surface area contributed by atoms with Crippen LogP contribution < -0.4 is 10.1 Å². The Labute approximate surface area is 116 Å². The third kappa shape index (κ3) is 3.41. The maximum absolute atomic E-state index is 11.9. The van der Waals surface area contributed by atoms with Gasteiger partial charge in [-0.1, -0.05) is 6.07 Å². The number of hydrogen-bond acceptors (Lipinski definition) is 4. The fraction of sp³-hybridized carbons (Fsp3) is 0.385. The van der Waals surface area contributed by atoms with Gasteiger partial charge in [0.15, 0.2) is 0 Å². The van der Waals surface area contributed by atoms with Gasteiger partial charge < -0.3 is 15.0 Å². The topological polar surface area (TPSA) is 58.6 Å². The third-order valence-corrected chi connectivity index (χ3v) is 3.73. The molecule has 19 heavy (non-hydrogen) atoms. The van der Waals surface area contributed by atoms with Crippen LogP contribution in [0.2, 0.25) is 0 Å². The van der Waals surface area contributed by atoms with Crippen molar-refractivity contribution < 1.29 is 14.3 Å². The molecule has 1 heterocycles. The molecule has 0 atom stereocenters. The Hall–Kier alpha value is -1.69. The van der Waals surface area contributed by atoms with Gasteiger partial charge in [0.2, 0.25) is 11.8 Å². The number of carbonyl (C=O) groups excluding carboxylic acids is 2. The molecule has 0 bridgehead atoms. The van der Waals surface area contributed by atoms with E-state index in [0.717, 1.165) is 5.56 Å². The van der Waals surface area contributed by atoms with Crippen LogP contribution in [0.15, 0.2) is 18.2 Å². The lowest BCUT2D eigenvalue weighted by molar-refractivity contribution is -0.130. The van der Waals surface area contributed by atoms with Crippen LogP contribution in [0, 0.1) is 6.92 Å². The van der Waals surface area contributed by atoms with Crippen LogP contribution in [0.25, 0.3) is 0 Å². The number of nitrogens with one attached hydrogen (secondary N) is 1. The number of thioether (sulfide) groups is 1. The molecule has 1 aliphatic rings. The second kappa shape index (κ2) is 5.97. The summed E-state index contributed by atoms with van der Waals surface area (Å²) in [6.07, 6.45) is 0. The average Bonchev–Trinajstić information content (AvgIpc) is 2.75. The summed E-state index contributed by atoms with van der Waals surface area (Å²) in [4.78, 5) is 24.9. The number of hydrogen-bond donors (Lipinski definition) is 1. The van der Waals surface area contributed by atoms with Crippen LogP contribution in [-0.4, -0.2) is 42.0 Å². The van der Waals surface area contributed by atoms with E-state index in [2.05, 4.69) is 5.32 Å². The second-order valence-electron chi connectivity index (χ2n) is 4.32. The minimum absolute atomic E-state index is 0.0105. The first-order valence-corrected chi connectivity index (χ1v) is 7.05. The number of amides is 2. The zero-order valence-electron chi connectivity index (χ0n) is 10.9. The van der Waals surface area contributed by atoms with Crippen LogP contribution in [0.4, 0.5) is 5.69 Å². The average molecular weight is 280 g/mol. The van der Waals surface area contributed by atoms with Crippen LogP contribution in [-0.2, 0) is 9.59 Å². The number of carbonyl (C=O) groups is 2. The standard InChI is InChI=1S/C13H16N2O3S/c1-9-3-4-11(18-2)10(5-9)14-12(16)6-15-8-19-7-13(15)17/h3-5H,6-8H2,1-2H3,(H,14,16). The molecule has 0 spiro atoms. The van der Waals surface area contributed by atoms with Crippen molar-refractivity contribution in [2.45, 2.75) is 6.92 Å². The monoisotopic (exact) mass is 280 g/mol. The zero-order chi connectivity index (χ0) is 13.8. The van der Waals surface area contributed by atoms with Gasteiger partial charge in [-0.2, -0.15) is 0 Å². The van der Waals surface area contributed by atoms with E-state index in [4.69, 9.17) is 4.74 Å². The largest absolute Gasteiger partial charge is 0.495 e. The quantitative estimate of drug-likeness (QED) is 0.907. The van der Waals surface area contributed by atoms with E-state index in [1.165, 1.54) is 11.8 Å². The summed E-state index contributed by atoms with van der Waals surface area (Å²) in [5, 5.41) is 2.78. The van der Waals surface area contributed by atoms with Gasteiger partial charge in [0.1, 0.15) is 12.3 Å². The summed E-state index contributed by atoms with van der Waals surface area (Å²) >= 11 is 1.52. The minimum atomic E-state index is -0.209. The van der Waals surface area contributed by atoms with Gasteiger partial charge in [-0.15, -0.1) is 11.8 Å². The Morgan fingerprint density at radius 1 is 1.53 bits per heavy atom. The Morgan fingerprint density at radius 2 is 2.32 bits per heavy atom. The number of benzene rings is 1. The highest BCUT2D eigenvalue weighted by atomic mass is 32.2. The molecule has 5 nitrogen and oxygen atoms in total. The molecule has 102 valence electrons. The second-order valence-corrected chi connectivity index (χ2v) is 5.28. The lowest BCUT2D eigenvalue weighted by Gasteiger charge is -2.15. The maximum atomic E-state index is 11.9. The van der Waals surface area contributed by atoms with E-state index in [-0.39, 0.29) is 18.4 Å². The molecule has 0 aromatic heterocycles. The van der Waals surface area contributed by atoms with Crippen LogP contribution in [0.1, 0.15) is 5.56 Å². The first-order valence-electron chi connectivity index (χ1n) is 5.90. The highest BCUT2D eigenvalue weighted by molar-refractivity contribution is 8.00. The fourth-order valence-corrected chi connectivity index (χ4v) is 2.73. The van der Waals surface area contributed by atoms with Crippen molar-refractivity contribution in [3.8, 4) is 5.75 Å². The molecule has 1 saturated heterocycles. The third-order valence-electron chi connectivity index (χ3n) is 2.79. The summed E-state index contributed by atoms with van der Waals surface area (Å²) in [6.45, 7) is 2.03. The van der Waals surface area contributed by atoms with Crippen molar-refractivity contribution in [1.82, 2.24) is 4.90 Å². The van der Waals surface area contributed by atoms with Gasteiger partial charge >= 0.3 is 0 Å². The van der Waals surface area contributed by atoms with Gasteiger partial charge in [0, 0.05) is 0 Å². The van der Waals surface area contributed by atoms with Gasteiger partial charge in [-0.25, -0.2) is 0 Å². The summed E-state index contributed by atoms with van der Waals surface area (Å²) in [5.74, 6) is 1.45. The van der Waals surface area contributed by atoms with Gasteiger partial charge in [-0.3, -0.25) is 9.59 Å². The fourth-order valence-electron chi connectivity index (χ4n) is 1.82.